The molecule has 0 radical (unpaired) electrons. The first-order valence-electron chi connectivity index (χ1n) is 4.73. The zero-order valence-corrected chi connectivity index (χ0v) is 7.68. The summed E-state index contributed by atoms with van der Waals surface area (Å²) in [5.74, 6) is 0.334. The van der Waals surface area contributed by atoms with E-state index in [9.17, 15) is 4.79 Å². The smallest absolute Gasteiger partial charge is 0.223 e. The van der Waals surface area contributed by atoms with E-state index in [4.69, 9.17) is 0 Å². The monoisotopic (exact) mass is 167 g/mol. The molecule has 0 aliphatic carbocycles. The van der Waals surface area contributed by atoms with Crippen LogP contribution in [0.25, 0.3) is 0 Å². The Labute approximate surface area is 74.0 Å². The topological polar surface area (TPSA) is 29.1 Å². The molecule has 2 nitrogen and oxygen atoms in total. The highest BCUT2D eigenvalue weighted by Gasteiger charge is 2.10. The van der Waals surface area contributed by atoms with Gasteiger partial charge >= 0.3 is 0 Å². The molecule has 12 heavy (non-hydrogen) atoms. The van der Waals surface area contributed by atoms with E-state index >= 15 is 0 Å². The third kappa shape index (κ3) is 3.07. The zero-order valence-electron chi connectivity index (χ0n) is 7.68. The Kier molecular flexibility index (Phi) is 3.85. The first-order chi connectivity index (χ1) is 5.80. The van der Waals surface area contributed by atoms with Gasteiger partial charge in [0.2, 0.25) is 5.91 Å². The maximum atomic E-state index is 11.3. The molecule has 1 N–H and O–H groups in total. The van der Waals surface area contributed by atoms with Crippen LogP contribution in [-0.2, 0) is 4.79 Å². The molecule has 1 amide bonds. The average Bonchev–Trinajstić information content (AvgIpc) is 2.08. The number of carbonyl (C=O) groups is 1. The minimum Gasteiger partial charge on any atom is -0.356 e. The van der Waals surface area contributed by atoms with Crippen molar-refractivity contribution in [3.05, 3.63) is 12.2 Å². The van der Waals surface area contributed by atoms with Crippen molar-refractivity contribution in [3.8, 4) is 0 Å². The zero-order chi connectivity index (χ0) is 8.81. The summed E-state index contributed by atoms with van der Waals surface area (Å²) in [7, 11) is 0. The van der Waals surface area contributed by atoms with Gasteiger partial charge in [-0.25, -0.2) is 0 Å². The van der Waals surface area contributed by atoms with Crippen molar-refractivity contribution >= 4 is 5.91 Å². The molecule has 0 saturated carbocycles. The summed E-state index contributed by atoms with van der Waals surface area (Å²) in [4.78, 5) is 11.3. The second-order valence-corrected chi connectivity index (χ2v) is 3.39. The first kappa shape index (κ1) is 9.30. The fourth-order valence-electron chi connectivity index (χ4n) is 1.30. The average molecular weight is 167 g/mol. The summed E-state index contributed by atoms with van der Waals surface area (Å²) in [5, 5.41) is 2.93. The van der Waals surface area contributed by atoms with Crippen molar-refractivity contribution < 1.29 is 4.79 Å². The quantitative estimate of drug-likeness (QED) is 0.548. The normalized spacial score (nSPS) is 29.1. The van der Waals surface area contributed by atoms with Gasteiger partial charge in [0.05, 0.1) is 0 Å². The van der Waals surface area contributed by atoms with Crippen LogP contribution in [0.15, 0.2) is 12.2 Å². The summed E-state index contributed by atoms with van der Waals surface area (Å²) >= 11 is 0. The number of amides is 1. The van der Waals surface area contributed by atoms with E-state index < -0.39 is 0 Å². The van der Waals surface area contributed by atoms with Crippen LogP contribution in [0.4, 0.5) is 0 Å². The Balaban J connectivity index is 2.43. The molecule has 0 aromatic carbocycles. The lowest BCUT2D eigenvalue weighted by atomic mass is 10.1. The molecule has 0 aromatic heterocycles. The summed E-state index contributed by atoms with van der Waals surface area (Å²) < 4.78 is 0. The van der Waals surface area contributed by atoms with Gasteiger partial charge in [-0.1, -0.05) is 19.1 Å². The van der Waals surface area contributed by atoms with Crippen LogP contribution in [0, 0.1) is 5.92 Å². The molecule has 1 rings (SSSR count). The maximum Gasteiger partial charge on any atom is 0.223 e. The van der Waals surface area contributed by atoms with Gasteiger partial charge in [-0.3, -0.25) is 4.79 Å². The van der Waals surface area contributed by atoms with Crippen LogP contribution in [0.1, 0.15) is 32.6 Å². The van der Waals surface area contributed by atoms with Gasteiger partial charge in [0.25, 0.3) is 0 Å². The van der Waals surface area contributed by atoms with Crippen LogP contribution in [-0.4, -0.2) is 12.5 Å². The van der Waals surface area contributed by atoms with E-state index in [1.165, 1.54) is 6.42 Å². The van der Waals surface area contributed by atoms with Gasteiger partial charge in [-0.05, 0) is 25.7 Å². The van der Waals surface area contributed by atoms with E-state index in [1.807, 2.05) is 6.92 Å². The SMILES string of the molecule is CC1C/C=C/CCCCNC1=O. The Hall–Kier alpha value is -0.790. The molecule has 0 spiro atoms. The second-order valence-electron chi connectivity index (χ2n) is 3.39. The minimum absolute atomic E-state index is 0.138. The number of hydrogen-bond donors (Lipinski definition) is 1. The van der Waals surface area contributed by atoms with Crippen LogP contribution < -0.4 is 5.32 Å². The van der Waals surface area contributed by atoms with E-state index in [-0.39, 0.29) is 11.8 Å². The maximum absolute atomic E-state index is 11.3. The van der Waals surface area contributed by atoms with Gasteiger partial charge < -0.3 is 5.32 Å². The molecule has 0 saturated heterocycles. The molecule has 1 aliphatic heterocycles. The van der Waals surface area contributed by atoms with Crippen LogP contribution >= 0.6 is 0 Å². The Morgan fingerprint density at radius 3 is 3.08 bits per heavy atom. The number of allylic oxidation sites excluding steroid dienone is 2. The van der Waals surface area contributed by atoms with Crippen molar-refractivity contribution in [1.29, 1.82) is 0 Å². The predicted octanol–water partition coefficient (Wildman–Crippen LogP) is 1.87. The van der Waals surface area contributed by atoms with Gasteiger partial charge in [0, 0.05) is 12.5 Å². The van der Waals surface area contributed by atoms with E-state index in [0.717, 1.165) is 25.8 Å². The van der Waals surface area contributed by atoms with Crippen molar-refractivity contribution in [2.45, 2.75) is 32.6 Å². The van der Waals surface area contributed by atoms with E-state index in [1.54, 1.807) is 0 Å². The molecule has 0 bridgehead atoms. The molecule has 0 aromatic rings. The van der Waals surface area contributed by atoms with Crippen molar-refractivity contribution in [3.63, 3.8) is 0 Å². The highest BCUT2D eigenvalue weighted by Crippen LogP contribution is 2.06. The highest BCUT2D eigenvalue weighted by molar-refractivity contribution is 5.78. The fourth-order valence-corrected chi connectivity index (χ4v) is 1.30. The van der Waals surface area contributed by atoms with Gasteiger partial charge in [0.1, 0.15) is 0 Å². The number of rotatable bonds is 0. The molecule has 1 atom stereocenters. The molecular formula is C10H17NO. The lowest BCUT2D eigenvalue weighted by molar-refractivity contribution is -0.124. The van der Waals surface area contributed by atoms with Crippen LogP contribution in [0.5, 0.6) is 0 Å². The standard InChI is InChI=1S/C10H17NO/c1-9-7-5-3-2-4-6-8-11-10(9)12/h3,5,9H,2,4,6-8H2,1H3,(H,11,12)/b5-3+. The molecule has 1 aliphatic rings. The minimum atomic E-state index is 0.138. The van der Waals surface area contributed by atoms with Crippen LogP contribution in [0.2, 0.25) is 0 Å². The van der Waals surface area contributed by atoms with Gasteiger partial charge in [0.15, 0.2) is 0 Å². The summed E-state index contributed by atoms with van der Waals surface area (Å²) in [5.41, 5.74) is 0. The van der Waals surface area contributed by atoms with Gasteiger partial charge in [-0.2, -0.15) is 0 Å². The lowest BCUT2D eigenvalue weighted by Crippen LogP contribution is -2.29. The molecule has 68 valence electrons. The molecule has 1 unspecified atom stereocenters. The lowest BCUT2D eigenvalue weighted by Gasteiger charge is -2.11. The first-order valence-corrected chi connectivity index (χ1v) is 4.73. The summed E-state index contributed by atoms with van der Waals surface area (Å²) in [6.45, 7) is 2.82. The molecular weight excluding hydrogens is 150 g/mol. The number of hydrogen-bond acceptors (Lipinski definition) is 1. The highest BCUT2D eigenvalue weighted by atomic mass is 16.1. The van der Waals surface area contributed by atoms with Crippen molar-refractivity contribution in [2.24, 2.45) is 5.92 Å². The Bertz CT molecular complexity index is 175. The molecule has 2 heteroatoms. The predicted molar refractivity (Wildman–Crippen MR) is 49.8 cm³/mol. The third-order valence-corrected chi connectivity index (χ3v) is 2.20. The van der Waals surface area contributed by atoms with E-state index in [0.29, 0.717) is 0 Å². The Morgan fingerprint density at radius 1 is 1.42 bits per heavy atom. The molecule has 1 heterocycles. The van der Waals surface area contributed by atoms with Crippen molar-refractivity contribution in [1.82, 2.24) is 5.32 Å². The Morgan fingerprint density at radius 2 is 2.25 bits per heavy atom. The third-order valence-electron chi connectivity index (χ3n) is 2.20. The van der Waals surface area contributed by atoms with Gasteiger partial charge in [-0.15, -0.1) is 0 Å². The molecule has 0 fully saturated rings. The summed E-state index contributed by atoms with van der Waals surface area (Å²) in [6, 6.07) is 0. The van der Waals surface area contributed by atoms with E-state index in [2.05, 4.69) is 17.5 Å². The van der Waals surface area contributed by atoms with Crippen molar-refractivity contribution in [2.75, 3.05) is 6.54 Å². The second kappa shape index (κ2) is 4.96. The summed E-state index contributed by atoms with van der Waals surface area (Å²) in [6.07, 6.45) is 8.63. The van der Waals surface area contributed by atoms with Crippen LogP contribution in [0.3, 0.4) is 0 Å². The largest absolute Gasteiger partial charge is 0.356 e. The number of carbonyl (C=O) groups excluding carboxylic acids is 1. The fraction of sp³-hybridized carbons (Fsp3) is 0.700. The number of nitrogens with one attached hydrogen (secondary N) is 1.